The molecule has 2 rings (SSSR count). The number of rotatable bonds is 4. The van der Waals surface area contributed by atoms with Crippen LogP contribution in [-0.4, -0.2) is 24.5 Å². The number of halogens is 3. The van der Waals surface area contributed by atoms with Crippen molar-refractivity contribution in [3.63, 3.8) is 0 Å². The van der Waals surface area contributed by atoms with Crippen molar-refractivity contribution in [1.82, 2.24) is 4.90 Å². The number of hydrogen-bond donors (Lipinski definition) is 1. The van der Waals surface area contributed by atoms with Crippen molar-refractivity contribution in [2.45, 2.75) is 50.6 Å². The molecule has 0 bridgehead atoms. The molecule has 0 heterocycles. The van der Waals surface area contributed by atoms with Crippen molar-refractivity contribution in [2.75, 3.05) is 13.6 Å². The van der Waals surface area contributed by atoms with E-state index in [9.17, 15) is 13.2 Å². The predicted octanol–water partition coefficient (Wildman–Crippen LogP) is 3.76. The topological polar surface area (TPSA) is 29.3 Å². The average Bonchev–Trinajstić information content (AvgIpc) is 2.74. The second-order valence-electron chi connectivity index (χ2n) is 5.85. The van der Waals surface area contributed by atoms with E-state index in [1.807, 2.05) is 11.9 Å². The lowest BCUT2D eigenvalue weighted by molar-refractivity contribution is 0.158. The Hall–Kier alpha value is -1.07. The molecule has 5 heteroatoms. The van der Waals surface area contributed by atoms with Crippen LogP contribution in [0.2, 0.25) is 0 Å². The van der Waals surface area contributed by atoms with Crippen LogP contribution < -0.4 is 5.73 Å². The van der Waals surface area contributed by atoms with Gasteiger partial charge in [0, 0.05) is 30.3 Å². The molecule has 2 N–H and O–H groups in total. The summed E-state index contributed by atoms with van der Waals surface area (Å²) in [6, 6.07) is 1.43. The van der Waals surface area contributed by atoms with E-state index in [2.05, 4.69) is 0 Å². The Balaban J connectivity index is 2.23. The van der Waals surface area contributed by atoms with Gasteiger partial charge in [-0.25, -0.2) is 13.2 Å². The number of benzene rings is 1. The minimum Gasteiger partial charge on any atom is -0.329 e. The molecule has 1 aromatic carbocycles. The minimum atomic E-state index is -1.16. The van der Waals surface area contributed by atoms with Crippen molar-refractivity contribution >= 4 is 0 Å². The molecule has 1 aromatic rings. The lowest BCUT2D eigenvalue weighted by Gasteiger charge is -2.34. The van der Waals surface area contributed by atoms with E-state index in [0.29, 0.717) is 12.1 Å². The monoisotopic (exact) mass is 300 g/mol. The molecular formula is C16H23F3N2. The molecule has 1 fully saturated rings. The number of hydrogen-bond acceptors (Lipinski definition) is 2. The van der Waals surface area contributed by atoms with Gasteiger partial charge in [0.2, 0.25) is 0 Å². The van der Waals surface area contributed by atoms with Gasteiger partial charge in [0.05, 0.1) is 0 Å². The van der Waals surface area contributed by atoms with E-state index in [-0.39, 0.29) is 12.1 Å². The molecular weight excluding hydrogens is 277 g/mol. The van der Waals surface area contributed by atoms with Gasteiger partial charge in [-0.05, 0) is 26.0 Å². The molecule has 1 aliphatic carbocycles. The van der Waals surface area contributed by atoms with Crippen LogP contribution in [-0.2, 0) is 0 Å². The van der Waals surface area contributed by atoms with Gasteiger partial charge in [0.15, 0.2) is 11.6 Å². The van der Waals surface area contributed by atoms with E-state index in [1.165, 1.54) is 12.8 Å². The van der Waals surface area contributed by atoms with Crippen molar-refractivity contribution in [1.29, 1.82) is 0 Å². The molecule has 0 saturated heterocycles. The molecule has 0 aromatic heterocycles. The highest BCUT2D eigenvalue weighted by Crippen LogP contribution is 2.30. The van der Waals surface area contributed by atoms with Crippen LogP contribution in [0.4, 0.5) is 13.2 Å². The summed E-state index contributed by atoms with van der Waals surface area (Å²) in [5.41, 5.74) is 5.93. The van der Waals surface area contributed by atoms with Crippen LogP contribution in [0.15, 0.2) is 12.1 Å². The summed E-state index contributed by atoms with van der Waals surface area (Å²) < 4.78 is 40.5. The lowest BCUT2D eigenvalue weighted by Crippen LogP contribution is -2.39. The Morgan fingerprint density at radius 1 is 1.05 bits per heavy atom. The van der Waals surface area contributed by atoms with Crippen molar-refractivity contribution in [3.05, 3.63) is 35.1 Å². The SMILES string of the molecule is CN(C1CCCCCC1)C(CN)c1cc(F)c(F)cc1F. The third-order valence-corrected chi connectivity index (χ3v) is 4.51. The van der Waals surface area contributed by atoms with Crippen LogP contribution >= 0.6 is 0 Å². The molecule has 1 atom stereocenters. The van der Waals surface area contributed by atoms with E-state index in [0.717, 1.165) is 31.7 Å². The molecule has 0 aliphatic heterocycles. The summed E-state index contributed by atoms with van der Waals surface area (Å²) >= 11 is 0. The molecule has 2 nitrogen and oxygen atoms in total. The van der Waals surface area contributed by atoms with Gasteiger partial charge in [0.1, 0.15) is 5.82 Å². The van der Waals surface area contributed by atoms with Crippen LogP contribution in [0, 0.1) is 17.5 Å². The van der Waals surface area contributed by atoms with Crippen LogP contribution in [0.5, 0.6) is 0 Å². The fourth-order valence-electron chi connectivity index (χ4n) is 3.23. The molecule has 1 unspecified atom stereocenters. The fraction of sp³-hybridized carbons (Fsp3) is 0.625. The smallest absolute Gasteiger partial charge is 0.161 e. The first-order chi connectivity index (χ1) is 10.0. The number of likely N-dealkylation sites (N-methyl/N-ethyl adjacent to an activating group) is 1. The number of nitrogens with zero attached hydrogens (tertiary/aromatic N) is 1. The molecule has 0 radical (unpaired) electrons. The van der Waals surface area contributed by atoms with E-state index < -0.39 is 23.5 Å². The highest BCUT2D eigenvalue weighted by Gasteiger charge is 2.27. The summed E-state index contributed by atoms with van der Waals surface area (Å²) in [6.45, 7) is 0.176. The molecule has 0 spiro atoms. The maximum Gasteiger partial charge on any atom is 0.161 e. The Morgan fingerprint density at radius 3 is 2.19 bits per heavy atom. The maximum atomic E-state index is 14.0. The van der Waals surface area contributed by atoms with Gasteiger partial charge in [-0.3, -0.25) is 4.90 Å². The summed E-state index contributed by atoms with van der Waals surface area (Å²) in [4.78, 5) is 2.03. The predicted molar refractivity (Wildman–Crippen MR) is 77.4 cm³/mol. The third-order valence-electron chi connectivity index (χ3n) is 4.51. The third kappa shape index (κ3) is 3.77. The lowest BCUT2D eigenvalue weighted by atomic mass is 10.00. The number of nitrogens with two attached hydrogens (primary N) is 1. The van der Waals surface area contributed by atoms with Crippen molar-refractivity contribution in [2.24, 2.45) is 5.73 Å². The average molecular weight is 300 g/mol. The van der Waals surface area contributed by atoms with Crippen molar-refractivity contribution < 1.29 is 13.2 Å². The van der Waals surface area contributed by atoms with Gasteiger partial charge in [-0.1, -0.05) is 25.7 Å². The minimum absolute atomic E-state index is 0.142. The highest BCUT2D eigenvalue weighted by molar-refractivity contribution is 5.24. The van der Waals surface area contributed by atoms with Crippen LogP contribution in [0.25, 0.3) is 0 Å². The Bertz CT molecular complexity index is 471. The molecule has 1 saturated carbocycles. The summed E-state index contributed by atoms with van der Waals surface area (Å²) in [5, 5.41) is 0. The maximum absolute atomic E-state index is 14.0. The van der Waals surface area contributed by atoms with Crippen LogP contribution in [0.1, 0.15) is 50.1 Å². The fourth-order valence-corrected chi connectivity index (χ4v) is 3.23. The summed E-state index contributed by atoms with van der Waals surface area (Å²) in [7, 11) is 1.90. The van der Waals surface area contributed by atoms with Gasteiger partial charge >= 0.3 is 0 Å². The van der Waals surface area contributed by atoms with E-state index >= 15 is 0 Å². The van der Waals surface area contributed by atoms with Gasteiger partial charge in [-0.15, -0.1) is 0 Å². The second kappa shape index (κ2) is 7.27. The first-order valence-corrected chi connectivity index (χ1v) is 7.61. The zero-order valence-corrected chi connectivity index (χ0v) is 12.4. The quantitative estimate of drug-likeness (QED) is 0.677. The van der Waals surface area contributed by atoms with Gasteiger partial charge in [-0.2, -0.15) is 0 Å². The zero-order chi connectivity index (χ0) is 15.4. The normalized spacial score (nSPS) is 18.8. The molecule has 1 aliphatic rings. The van der Waals surface area contributed by atoms with Gasteiger partial charge in [0.25, 0.3) is 0 Å². The van der Waals surface area contributed by atoms with Crippen LogP contribution in [0.3, 0.4) is 0 Å². The van der Waals surface area contributed by atoms with Crippen molar-refractivity contribution in [3.8, 4) is 0 Å². The van der Waals surface area contributed by atoms with E-state index in [4.69, 9.17) is 5.73 Å². The largest absolute Gasteiger partial charge is 0.329 e. The summed E-state index contributed by atoms with van der Waals surface area (Å²) in [5.74, 6) is -2.92. The molecule has 21 heavy (non-hydrogen) atoms. The second-order valence-corrected chi connectivity index (χ2v) is 5.85. The molecule has 0 amide bonds. The standard InChI is InChI=1S/C16H23F3N2/c1-21(11-6-4-2-3-5-7-11)16(10-20)12-8-14(18)15(19)9-13(12)17/h8-9,11,16H,2-7,10,20H2,1H3. The summed E-state index contributed by atoms with van der Waals surface area (Å²) in [6.07, 6.45) is 6.81. The molecule has 118 valence electrons. The Morgan fingerprint density at radius 2 is 1.62 bits per heavy atom. The highest BCUT2D eigenvalue weighted by atomic mass is 19.2. The van der Waals surface area contributed by atoms with Gasteiger partial charge < -0.3 is 5.73 Å². The Kier molecular flexibility index (Phi) is 5.65. The zero-order valence-electron chi connectivity index (χ0n) is 12.4. The first kappa shape index (κ1) is 16.3. The van der Waals surface area contributed by atoms with E-state index in [1.54, 1.807) is 0 Å². The Labute approximate surface area is 124 Å². The first-order valence-electron chi connectivity index (χ1n) is 7.61.